The minimum atomic E-state index is -0.906. The monoisotopic (exact) mass is 316 g/mol. The Bertz CT molecular complexity index is 456. The summed E-state index contributed by atoms with van der Waals surface area (Å²) >= 11 is 11.8. The van der Waals surface area contributed by atoms with Crippen LogP contribution in [0.4, 0.5) is 0 Å². The Morgan fingerprint density at radius 3 is 2.40 bits per heavy atom. The topological polar surface area (TPSA) is 52.6 Å². The summed E-state index contributed by atoms with van der Waals surface area (Å²) in [7, 11) is 0. The maximum Gasteiger partial charge on any atom is 0.237 e. The van der Waals surface area contributed by atoms with Crippen molar-refractivity contribution in [3.05, 3.63) is 33.8 Å². The highest BCUT2D eigenvalue weighted by Crippen LogP contribution is 2.25. The number of nitrogens with zero attached hydrogens (tertiary/aromatic N) is 1. The summed E-state index contributed by atoms with van der Waals surface area (Å²) in [6.07, 6.45) is 2.47. The van der Waals surface area contributed by atoms with Gasteiger partial charge in [0.1, 0.15) is 0 Å². The minimum absolute atomic E-state index is 0.00677. The number of aliphatic hydroxyl groups is 1. The molecule has 0 saturated carbocycles. The lowest BCUT2D eigenvalue weighted by Gasteiger charge is -2.27. The molecule has 0 aliphatic carbocycles. The van der Waals surface area contributed by atoms with E-state index in [1.54, 1.807) is 18.2 Å². The smallest absolute Gasteiger partial charge is 0.237 e. The molecule has 1 fully saturated rings. The molecule has 0 radical (unpaired) electrons. The summed E-state index contributed by atoms with van der Waals surface area (Å²) in [5.41, 5.74) is 3.37. The summed E-state index contributed by atoms with van der Waals surface area (Å²) < 4.78 is 0. The van der Waals surface area contributed by atoms with E-state index in [0.717, 1.165) is 25.9 Å². The Morgan fingerprint density at radius 1 is 1.20 bits per heavy atom. The second kappa shape index (κ2) is 7.27. The molecule has 1 aliphatic heterocycles. The van der Waals surface area contributed by atoms with E-state index >= 15 is 0 Å². The summed E-state index contributed by atoms with van der Waals surface area (Å²) in [4.78, 5) is 11.9. The van der Waals surface area contributed by atoms with Crippen LogP contribution < -0.4 is 5.43 Å². The van der Waals surface area contributed by atoms with Crippen LogP contribution in [0.15, 0.2) is 18.2 Å². The van der Waals surface area contributed by atoms with E-state index in [4.69, 9.17) is 23.2 Å². The molecule has 1 aromatic rings. The van der Waals surface area contributed by atoms with Gasteiger partial charge in [0.05, 0.1) is 12.5 Å². The lowest BCUT2D eigenvalue weighted by atomic mass is 10.1. The van der Waals surface area contributed by atoms with Crippen LogP contribution in [0.1, 0.15) is 37.4 Å². The molecule has 1 aromatic carbocycles. The van der Waals surface area contributed by atoms with Gasteiger partial charge in [0.15, 0.2) is 0 Å². The van der Waals surface area contributed by atoms with Crippen LogP contribution in [0.2, 0.25) is 10.0 Å². The number of rotatable bonds is 4. The SMILES string of the molecule is O=C(CC(O)c1cc(Cl)cc(Cl)c1)NN1CCCCC1. The van der Waals surface area contributed by atoms with E-state index in [0.29, 0.717) is 15.6 Å². The maximum absolute atomic E-state index is 11.9. The normalized spacial score (nSPS) is 17.8. The average Bonchev–Trinajstić information content (AvgIpc) is 2.38. The standard InChI is InChI=1S/C14H18Cl2N2O2/c15-11-6-10(7-12(16)8-11)13(19)9-14(20)17-18-4-2-1-3-5-18/h6-8,13,19H,1-5,9H2,(H,17,20). The first-order chi connectivity index (χ1) is 9.54. The van der Waals surface area contributed by atoms with Gasteiger partial charge in [-0.2, -0.15) is 0 Å². The molecule has 2 N–H and O–H groups in total. The fraction of sp³-hybridized carbons (Fsp3) is 0.500. The van der Waals surface area contributed by atoms with Gasteiger partial charge in [-0.05, 0) is 36.6 Å². The lowest BCUT2D eigenvalue weighted by Crippen LogP contribution is -2.45. The Hall–Kier alpha value is -0.810. The largest absolute Gasteiger partial charge is 0.388 e. The molecule has 1 heterocycles. The molecule has 1 aliphatic rings. The molecule has 1 atom stereocenters. The number of benzene rings is 1. The highest BCUT2D eigenvalue weighted by Gasteiger charge is 2.17. The van der Waals surface area contributed by atoms with Crippen LogP contribution in [0.5, 0.6) is 0 Å². The molecule has 1 amide bonds. The molecule has 20 heavy (non-hydrogen) atoms. The minimum Gasteiger partial charge on any atom is -0.388 e. The van der Waals surface area contributed by atoms with Crippen LogP contribution >= 0.6 is 23.2 Å². The number of carbonyl (C=O) groups excluding carboxylic acids is 1. The fourth-order valence-corrected chi connectivity index (χ4v) is 2.83. The van der Waals surface area contributed by atoms with Gasteiger partial charge in [0.2, 0.25) is 5.91 Å². The summed E-state index contributed by atoms with van der Waals surface area (Å²) in [6.45, 7) is 1.73. The molecule has 110 valence electrons. The zero-order chi connectivity index (χ0) is 14.5. The van der Waals surface area contributed by atoms with Gasteiger partial charge in [-0.15, -0.1) is 0 Å². The van der Waals surface area contributed by atoms with Crippen molar-refractivity contribution in [3.8, 4) is 0 Å². The van der Waals surface area contributed by atoms with Crippen LogP contribution in [-0.4, -0.2) is 29.1 Å². The van der Waals surface area contributed by atoms with Crippen LogP contribution in [0.3, 0.4) is 0 Å². The number of hydrogen-bond acceptors (Lipinski definition) is 3. The highest BCUT2D eigenvalue weighted by molar-refractivity contribution is 6.34. The van der Waals surface area contributed by atoms with Crippen molar-refractivity contribution in [2.75, 3.05) is 13.1 Å². The predicted molar refractivity (Wildman–Crippen MR) is 79.6 cm³/mol. The summed E-state index contributed by atoms with van der Waals surface area (Å²) in [5, 5.41) is 12.9. The number of hydrazine groups is 1. The second-order valence-electron chi connectivity index (χ2n) is 5.01. The van der Waals surface area contributed by atoms with Gasteiger partial charge in [-0.3, -0.25) is 10.2 Å². The lowest BCUT2D eigenvalue weighted by molar-refractivity contribution is -0.128. The Balaban J connectivity index is 1.89. The van der Waals surface area contributed by atoms with E-state index in [9.17, 15) is 9.90 Å². The van der Waals surface area contributed by atoms with Crippen molar-refractivity contribution in [2.24, 2.45) is 0 Å². The van der Waals surface area contributed by atoms with E-state index in [1.165, 1.54) is 6.42 Å². The fourth-order valence-electron chi connectivity index (χ4n) is 2.29. The van der Waals surface area contributed by atoms with Crippen LogP contribution in [0.25, 0.3) is 0 Å². The third-order valence-corrected chi connectivity index (χ3v) is 3.72. The number of amides is 1. The first-order valence-electron chi connectivity index (χ1n) is 6.73. The van der Waals surface area contributed by atoms with Gasteiger partial charge in [-0.1, -0.05) is 29.6 Å². The number of nitrogens with one attached hydrogen (secondary N) is 1. The number of aliphatic hydroxyl groups excluding tert-OH is 1. The zero-order valence-electron chi connectivity index (χ0n) is 11.1. The molecule has 0 spiro atoms. The van der Waals surface area contributed by atoms with E-state index in [2.05, 4.69) is 5.43 Å². The molecular weight excluding hydrogens is 299 g/mol. The van der Waals surface area contributed by atoms with E-state index in [-0.39, 0.29) is 12.3 Å². The predicted octanol–water partition coefficient (Wildman–Crippen LogP) is 2.93. The molecule has 6 heteroatoms. The third kappa shape index (κ3) is 4.63. The van der Waals surface area contributed by atoms with Gasteiger partial charge < -0.3 is 5.11 Å². The summed E-state index contributed by atoms with van der Waals surface area (Å²) in [5.74, 6) is -0.199. The molecule has 1 saturated heterocycles. The van der Waals surface area contributed by atoms with Gasteiger partial charge >= 0.3 is 0 Å². The van der Waals surface area contributed by atoms with Crippen molar-refractivity contribution in [2.45, 2.75) is 31.8 Å². The summed E-state index contributed by atoms with van der Waals surface area (Å²) in [6, 6.07) is 4.83. The molecule has 1 unspecified atom stereocenters. The van der Waals surface area contributed by atoms with Crippen molar-refractivity contribution in [3.63, 3.8) is 0 Å². The van der Waals surface area contributed by atoms with E-state index < -0.39 is 6.10 Å². The van der Waals surface area contributed by atoms with Gasteiger partial charge in [-0.25, -0.2) is 5.01 Å². The third-order valence-electron chi connectivity index (χ3n) is 3.29. The maximum atomic E-state index is 11.9. The zero-order valence-corrected chi connectivity index (χ0v) is 12.6. The number of piperidine rings is 1. The Labute approximate surface area is 128 Å². The highest BCUT2D eigenvalue weighted by atomic mass is 35.5. The van der Waals surface area contributed by atoms with Crippen LogP contribution in [0, 0.1) is 0 Å². The number of halogens is 2. The van der Waals surface area contributed by atoms with Crippen molar-refractivity contribution < 1.29 is 9.90 Å². The Morgan fingerprint density at radius 2 is 1.80 bits per heavy atom. The molecule has 2 rings (SSSR count). The quantitative estimate of drug-likeness (QED) is 0.898. The molecule has 0 aromatic heterocycles. The molecule has 0 bridgehead atoms. The van der Waals surface area contributed by atoms with Crippen molar-refractivity contribution in [1.82, 2.24) is 10.4 Å². The number of hydrogen-bond donors (Lipinski definition) is 2. The molecular formula is C14H18Cl2N2O2. The van der Waals surface area contributed by atoms with E-state index in [1.807, 2.05) is 5.01 Å². The average molecular weight is 317 g/mol. The van der Waals surface area contributed by atoms with Gasteiger partial charge in [0.25, 0.3) is 0 Å². The first-order valence-corrected chi connectivity index (χ1v) is 7.48. The first kappa shape index (κ1) is 15.6. The molecule has 4 nitrogen and oxygen atoms in total. The Kier molecular flexibility index (Phi) is 5.66. The van der Waals surface area contributed by atoms with Crippen molar-refractivity contribution >= 4 is 29.1 Å². The number of carbonyl (C=O) groups is 1. The second-order valence-corrected chi connectivity index (χ2v) is 5.88. The van der Waals surface area contributed by atoms with Crippen molar-refractivity contribution in [1.29, 1.82) is 0 Å². The van der Waals surface area contributed by atoms with Crippen LogP contribution in [-0.2, 0) is 4.79 Å². The van der Waals surface area contributed by atoms with Gasteiger partial charge in [0, 0.05) is 23.1 Å².